The van der Waals surface area contributed by atoms with Crippen molar-refractivity contribution in [3.8, 4) is 0 Å². The summed E-state index contributed by atoms with van der Waals surface area (Å²) in [6.45, 7) is 3.73. The van der Waals surface area contributed by atoms with E-state index in [9.17, 15) is 9.59 Å². The molecule has 3 unspecified atom stereocenters. The highest BCUT2D eigenvalue weighted by Gasteiger charge is 2.37. The Morgan fingerprint density at radius 1 is 1.08 bits per heavy atom. The van der Waals surface area contributed by atoms with E-state index < -0.39 is 5.97 Å². The van der Waals surface area contributed by atoms with E-state index in [0.717, 1.165) is 51.7 Å². The van der Waals surface area contributed by atoms with Crippen molar-refractivity contribution >= 4 is 11.9 Å². The topological polar surface area (TPSA) is 73.3 Å². The summed E-state index contributed by atoms with van der Waals surface area (Å²) in [5, 5.41) is 8.98. The first-order valence-corrected chi connectivity index (χ1v) is 10.1. The normalized spacial score (nSPS) is 30.7. The molecular weight excluding hydrogens is 334 g/mol. The second kappa shape index (κ2) is 9.15. The molecule has 0 aromatic carbocycles. The van der Waals surface area contributed by atoms with Crippen LogP contribution in [0.5, 0.6) is 0 Å². The van der Waals surface area contributed by atoms with E-state index >= 15 is 0 Å². The van der Waals surface area contributed by atoms with E-state index in [2.05, 4.69) is 9.80 Å². The summed E-state index contributed by atoms with van der Waals surface area (Å²) in [6, 6.07) is 0.559. The molecule has 148 valence electrons. The van der Waals surface area contributed by atoms with Crippen LogP contribution in [0.25, 0.3) is 0 Å². The molecule has 0 bridgehead atoms. The highest BCUT2D eigenvalue weighted by atomic mass is 16.5. The van der Waals surface area contributed by atoms with Gasteiger partial charge in [-0.25, -0.2) is 0 Å². The van der Waals surface area contributed by atoms with Gasteiger partial charge >= 0.3 is 5.97 Å². The lowest BCUT2D eigenvalue weighted by Crippen LogP contribution is -2.56. The molecule has 0 radical (unpaired) electrons. The van der Waals surface area contributed by atoms with E-state index in [1.165, 1.54) is 12.8 Å². The first kappa shape index (κ1) is 19.6. The number of fused-ring (bicyclic) bond motifs is 1. The molecular formula is C19H33N3O4. The number of carbonyl (C=O) groups excluding carboxylic acids is 1. The summed E-state index contributed by atoms with van der Waals surface area (Å²) in [4.78, 5) is 30.1. The predicted molar refractivity (Wildman–Crippen MR) is 98.1 cm³/mol. The van der Waals surface area contributed by atoms with Gasteiger partial charge in [-0.15, -0.1) is 0 Å². The molecule has 1 N–H and O–H groups in total. The average molecular weight is 367 g/mol. The monoisotopic (exact) mass is 367 g/mol. The summed E-state index contributed by atoms with van der Waals surface area (Å²) in [6.07, 6.45) is 7.71. The molecule has 7 nitrogen and oxygen atoms in total. The summed E-state index contributed by atoms with van der Waals surface area (Å²) in [7, 11) is 1.89. The standard InChI is InChI=1S/C19H33N3O4/c1-20(14-19(24)25)15-5-4-9-21(10-8-15)13-18(23)22-11-12-26-17-7-3-2-6-16(17)22/h15-17H,2-14H2,1H3,(H,24,25). The third-order valence-electron chi connectivity index (χ3n) is 6.21. The van der Waals surface area contributed by atoms with Gasteiger partial charge < -0.3 is 14.7 Å². The van der Waals surface area contributed by atoms with E-state index in [1.807, 2.05) is 11.9 Å². The lowest BCUT2D eigenvalue weighted by Gasteiger charge is -2.44. The number of morpholine rings is 1. The van der Waals surface area contributed by atoms with Crippen molar-refractivity contribution in [1.82, 2.24) is 14.7 Å². The number of nitrogens with zero attached hydrogens (tertiary/aromatic N) is 3. The number of aliphatic carboxylic acids is 1. The smallest absolute Gasteiger partial charge is 0.317 e. The Balaban J connectivity index is 1.50. The Kier molecular flexibility index (Phi) is 6.89. The van der Waals surface area contributed by atoms with Gasteiger partial charge in [-0.1, -0.05) is 12.8 Å². The molecule has 1 amide bonds. The predicted octanol–water partition coefficient (Wildman–Crippen LogP) is 1.03. The highest BCUT2D eigenvalue weighted by molar-refractivity contribution is 5.78. The van der Waals surface area contributed by atoms with Gasteiger partial charge in [0.1, 0.15) is 0 Å². The van der Waals surface area contributed by atoms with Crippen molar-refractivity contribution in [2.45, 2.75) is 63.1 Å². The Labute approximate surface area is 156 Å². The third kappa shape index (κ3) is 4.96. The van der Waals surface area contributed by atoms with Gasteiger partial charge in [0, 0.05) is 19.1 Å². The molecule has 26 heavy (non-hydrogen) atoms. The molecule has 3 aliphatic rings. The van der Waals surface area contributed by atoms with Crippen molar-refractivity contribution in [2.75, 3.05) is 46.4 Å². The fraction of sp³-hybridized carbons (Fsp3) is 0.895. The molecule has 7 heteroatoms. The molecule has 0 aromatic rings. The zero-order valence-electron chi connectivity index (χ0n) is 15.9. The van der Waals surface area contributed by atoms with Gasteiger partial charge in [0.15, 0.2) is 0 Å². The summed E-state index contributed by atoms with van der Waals surface area (Å²) >= 11 is 0. The van der Waals surface area contributed by atoms with Crippen LogP contribution in [0.1, 0.15) is 44.9 Å². The van der Waals surface area contributed by atoms with Crippen molar-refractivity contribution in [2.24, 2.45) is 0 Å². The van der Waals surface area contributed by atoms with Gasteiger partial charge in [-0.3, -0.25) is 19.4 Å². The van der Waals surface area contributed by atoms with Crippen LogP contribution < -0.4 is 0 Å². The number of carboxylic acids is 1. The number of ether oxygens (including phenoxy) is 1. The van der Waals surface area contributed by atoms with E-state index in [4.69, 9.17) is 9.84 Å². The largest absolute Gasteiger partial charge is 0.480 e. The lowest BCUT2D eigenvalue weighted by atomic mass is 9.90. The number of hydrogen-bond acceptors (Lipinski definition) is 5. The molecule has 1 aliphatic carbocycles. The van der Waals surface area contributed by atoms with E-state index in [-0.39, 0.29) is 30.6 Å². The molecule has 3 rings (SSSR count). The number of likely N-dealkylation sites (N-methyl/N-ethyl adjacent to an activating group) is 1. The fourth-order valence-electron chi connectivity index (χ4n) is 4.77. The average Bonchev–Trinajstić information content (AvgIpc) is 2.86. The summed E-state index contributed by atoms with van der Waals surface area (Å²) < 4.78 is 5.88. The minimum Gasteiger partial charge on any atom is -0.480 e. The zero-order valence-corrected chi connectivity index (χ0v) is 15.9. The van der Waals surface area contributed by atoms with Crippen molar-refractivity contribution < 1.29 is 19.4 Å². The van der Waals surface area contributed by atoms with Gasteiger partial charge in [-0.05, 0) is 45.7 Å². The molecule has 3 atom stereocenters. The molecule has 2 aliphatic heterocycles. The van der Waals surface area contributed by atoms with Crippen molar-refractivity contribution in [3.05, 3.63) is 0 Å². The summed E-state index contributed by atoms with van der Waals surface area (Å²) in [5.74, 6) is -0.541. The Morgan fingerprint density at radius 2 is 1.88 bits per heavy atom. The quantitative estimate of drug-likeness (QED) is 0.782. The molecule has 0 aromatic heterocycles. The second-order valence-corrected chi connectivity index (χ2v) is 8.02. The minimum absolute atomic E-state index is 0.0838. The van der Waals surface area contributed by atoms with Crippen molar-refractivity contribution in [3.63, 3.8) is 0 Å². The number of rotatable bonds is 5. The maximum Gasteiger partial charge on any atom is 0.317 e. The van der Waals surface area contributed by atoms with Crippen LogP contribution in [0.2, 0.25) is 0 Å². The fourth-order valence-corrected chi connectivity index (χ4v) is 4.77. The second-order valence-electron chi connectivity index (χ2n) is 8.02. The highest BCUT2D eigenvalue weighted by Crippen LogP contribution is 2.28. The van der Waals surface area contributed by atoms with Crippen LogP contribution in [0.15, 0.2) is 0 Å². The van der Waals surface area contributed by atoms with Gasteiger partial charge in [0.25, 0.3) is 0 Å². The van der Waals surface area contributed by atoms with Gasteiger partial charge in [-0.2, -0.15) is 0 Å². The summed E-state index contributed by atoms with van der Waals surface area (Å²) in [5.41, 5.74) is 0. The number of likely N-dealkylation sites (tertiary alicyclic amines) is 1. The maximum atomic E-state index is 12.9. The lowest BCUT2D eigenvalue weighted by molar-refractivity contribution is -0.150. The molecule has 0 spiro atoms. The van der Waals surface area contributed by atoms with Crippen LogP contribution in [0.3, 0.4) is 0 Å². The third-order valence-corrected chi connectivity index (χ3v) is 6.21. The SMILES string of the molecule is CN(CC(=O)O)C1CCCN(CC(=O)N2CCOC3CCCCC32)CC1. The first-order chi connectivity index (χ1) is 12.5. The number of carbonyl (C=O) groups is 2. The Hall–Kier alpha value is -1.18. The van der Waals surface area contributed by atoms with E-state index in [0.29, 0.717) is 13.2 Å². The Morgan fingerprint density at radius 3 is 2.69 bits per heavy atom. The molecule has 1 saturated carbocycles. The number of amides is 1. The molecule has 2 saturated heterocycles. The van der Waals surface area contributed by atoms with Gasteiger partial charge in [0.05, 0.1) is 31.8 Å². The minimum atomic E-state index is -0.780. The molecule has 3 fully saturated rings. The van der Waals surface area contributed by atoms with Crippen molar-refractivity contribution in [1.29, 1.82) is 0 Å². The van der Waals surface area contributed by atoms with Crippen LogP contribution in [0, 0.1) is 0 Å². The zero-order chi connectivity index (χ0) is 18.5. The molecule has 2 heterocycles. The van der Waals surface area contributed by atoms with Gasteiger partial charge in [0.2, 0.25) is 5.91 Å². The number of hydrogen-bond donors (Lipinski definition) is 1. The van der Waals surface area contributed by atoms with Crippen LogP contribution in [-0.2, 0) is 14.3 Å². The number of carboxylic acid groups (broad SMARTS) is 1. The first-order valence-electron chi connectivity index (χ1n) is 10.1. The van der Waals surface area contributed by atoms with E-state index in [1.54, 1.807) is 0 Å². The van der Waals surface area contributed by atoms with Crippen LogP contribution in [-0.4, -0.2) is 96.2 Å². The maximum absolute atomic E-state index is 12.9. The Bertz CT molecular complexity index is 499. The van der Waals surface area contributed by atoms with Crippen LogP contribution >= 0.6 is 0 Å². The van der Waals surface area contributed by atoms with Crippen LogP contribution in [0.4, 0.5) is 0 Å².